The highest BCUT2D eigenvalue weighted by Crippen LogP contribution is 2.29. The molecule has 1 aromatic heterocycles. The van der Waals surface area contributed by atoms with Gasteiger partial charge in [0.05, 0.1) is 34.7 Å². The second-order valence-corrected chi connectivity index (χ2v) is 13.1. The van der Waals surface area contributed by atoms with Gasteiger partial charge in [-0.2, -0.15) is 4.91 Å². The summed E-state index contributed by atoms with van der Waals surface area (Å²) in [6.07, 6.45) is 2.58. The number of benzene rings is 1. The summed E-state index contributed by atoms with van der Waals surface area (Å²) in [4.78, 5) is 60.1. The fourth-order valence-electron chi connectivity index (χ4n) is 5.61. The molecule has 2 aliphatic heterocycles. The zero-order valence-electron chi connectivity index (χ0n) is 24.7. The zero-order chi connectivity index (χ0) is 29.7. The minimum absolute atomic E-state index is 0.161. The number of nitrogens with one attached hydrogen (secondary N) is 2. The SMILES string of the molecule is Cc1ncsc1-c1ccc([C@H](C)NC(=O)[C@@H]2CCCN2C(=O)[C@@H](NC(=O)CN2CCC(N=O)CC2)C(C)(C)C)cc1. The Morgan fingerprint density at radius 3 is 2.34 bits per heavy atom. The molecule has 0 spiro atoms. The first-order valence-electron chi connectivity index (χ1n) is 14.4. The Kier molecular flexibility index (Phi) is 9.91. The largest absolute Gasteiger partial charge is 0.348 e. The lowest BCUT2D eigenvalue weighted by Crippen LogP contribution is -2.59. The van der Waals surface area contributed by atoms with Crippen molar-refractivity contribution in [2.24, 2.45) is 10.6 Å². The number of thiazole rings is 1. The van der Waals surface area contributed by atoms with Gasteiger partial charge < -0.3 is 15.5 Å². The van der Waals surface area contributed by atoms with Crippen LogP contribution in [0.25, 0.3) is 10.4 Å². The number of aromatic nitrogens is 1. The standard InChI is InChI=1S/C30H42N6O4S/c1-19(21-8-10-22(11-9-21)26-20(2)31-18-41-26)32-28(38)24-7-6-14-36(24)29(39)27(30(3,4)5)33-25(37)17-35-15-12-23(34-40)13-16-35/h8-11,18-19,23-24,27H,6-7,12-17H2,1-5H3,(H,32,38)(H,33,37)/t19-,24-,27+/m0/s1. The van der Waals surface area contributed by atoms with Crippen molar-refractivity contribution in [2.45, 2.75) is 84.5 Å². The van der Waals surface area contributed by atoms with Crippen LogP contribution in [0, 0.1) is 17.2 Å². The van der Waals surface area contributed by atoms with Crippen molar-refractivity contribution in [3.63, 3.8) is 0 Å². The molecule has 0 saturated carbocycles. The van der Waals surface area contributed by atoms with E-state index >= 15 is 0 Å². The molecule has 3 atom stereocenters. The Labute approximate surface area is 246 Å². The molecule has 2 aliphatic rings. The predicted molar refractivity (Wildman–Crippen MR) is 160 cm³/mol. The molecule has 0 aliphatic carbocycles. The highest BCUT2D eigenvalue weighted by Gasteiger charge is 2.42. The van der Waals surface area contributed by atoms with Crippen LogP contribution >= 0.6 is 11.3 Å². The molecular formula is C30H42N6O4S. The summed E-state index contributed by atoms with van der Waals surface area (Å²) in [7, 11) is 0. The third-order valence-corrected chi connectivity index (χ3v) is 9.09. The molecule has 2 saturated heterocycles. The number of rotatable bonds is 9. The minimum Gasteiger partial charge on any atom is -0.348 e. The molecule has 222 valence electrons. The number of carbonyl (C=O) groups excluding carboxylic acids is 3. The summed E-state index contributed by atoms with van der Waals surface area (Å²) < 4.78 is 0. The molecule has 3 heterocycles. The van der Waals surface area contributed by atoms with Gasteiger partial charge in [-0.15, -0.1) is 11.3 Å². The molecule has 11 heteroatoms. The predicted octanol–water partition coefficient (Wildman–Crippen LogP) is 4.05. The smallest absolute Gasteiger partial charge is 0.246 e. The van der Waals surface area contributed by atoms with Crippen LogP contribution in [0.4, 0.5) is 0 Å². The fraction of sp³-hybridized carbons (Fsp3) is 0.600. The zero-order valence-corrected chi connectivity index (χ0v) is 25.5. The van der Waals surface area contributed by atoms with Gasteiger partial charge in [0, 0.05) is 19.6 Å². The number of nitroso groups, excluding NO2 is 1. The average Bonchev–Trinajstić information content (AvgIpc) is 3.61. The molecule has 0 unspecified atom stereocenters. The van der Waals surface area contributed by atoms with Crippen LogP contribution < -0.4 is 10.6 Å². The number of amides is 3. The summed E-state index contributed by atoms with van der Waals surface area (Å²) in [5.41, 5.74) is 4.36. The lowest BCUT2D eigenvalue weighted by Gasteiger charge is -2.36. The van der Waals surface area contributed by atoms with Crippen LogP contribution in [-0.2, 0) is 14.4 Å². The van der Waals surface area contributed by atoms with E-state index in [1.807, 2.05) is 69.3 Å². The van der Waals surface area contributed by atoms with Crippen LogP contribution in [-0.4, -0.2) is 76.8 Å². The van der Waals surface area contributed by atoms with Gasteiger partial charge in [0.15, 0.2) is 0 Å². The number of nitrogens with zero attached hydrogens (tertiary/aromatic N) is 4. The first-order valence-corrected chi connectivity index (χ1v) is 15.3. The van der Waals surface area contributed by atoms with Crippen molar-refractivity contribution in [3.8, 4) is 10.4 Å². The van der Waals surface area contributed by atoms with E-state index in [0.29, 0.717) is 38.9 Å². The van der Waals surface area contributed by atoms with E-state index in [0.717, 1.165) is 28.1 Å². The second kappa shape index (κ2) is 13.2. The highest BCUT2D eigenvalue weighted by molar-refractivity contribution is 7.13. The van der Waals surface area contributed by atoms with Gasteiger partial charge in [0.25, 0.3) is 0 Å². The van der Waals surface area contributed by atoms with E-state index in [1.165, 1.54) is 0 Å². The summed E-state index contributed by atoms with van der Waals surface area (Å²) >= 11 is 1.60. The third kappa shape index (κ3) is 7.56. The van der Waals surface area contributed by atoms with Crippen molar-refractivity contribution >= 4 is 29.1 Å². The molecule has 4 rings (SSSR count). The van der Waals surface area contributed by atoms with Gasteiger partial charge in [-0.25, -0.2) is 4.98 Å². The van der Waals surface area contributed by atoms with Crippen LogP contribution in [0.2, 0.25) is 0 Å². The molecule has 0 radical (unpaired) electrons. The summed E-state index contributed by atoms with van der Waals surface area (Å²) in [5, 5.41) is 9.18. The molecule has 2 N–H and O–H groups in total. The summed E-state index contributed by atoms with van der Waals surface area (Å²) in [6.45, 7) is 11.6. The van der Waals surface area contributed by atoms with Crippen molar-refractivity contribution in [2.75, 3.05) is 26.2 Å². The Balaban J connectivity index is 1.37. The lowest BCUT2D eigenvalue weighted by molar-refractivity contribution is -0.144. The third-order valence-electron chi connectivity index (χ3n) is 8.11. The second-order valence-electron chi connectivity index (χ2n) is 12.3. The number of piperidine rings is 1. The summed E-state index contributed by atoms with van der Waals surface area (Å²) in [6, 6.07) is 6.35. The number of likely N-dealkylation sites (tertiary alicyclic amines) is 2. The number of hydrogen-bond donors (Lipinski definition) is 2. The fourth-order valence-corrected chi connectivity index (χ4v) is 6.42. The maximum absolute atomic E-state index is 13.8. The number of carbonyl (C=O) groups is 3. The van der Waals surface area contributed by atoms with Crippen molar-refractivity contribution < 1.29 is 14.4 Å². The van der Waals surface area contributed by atoms with Crippen LogP contribution in [0.5, 0.6) is 0 Å². The van der Waals surface area contributed by atoms with Gasteiger partial charge in [-0.05, 0) is 56.1 Å². The van der Waals surface area contributed by atoms with Crippen LogP contribution in [0.1, 0.15) is 70.7 Å². The van der Waals surface area contributed by atoms with Crippen LogP contribution in [0.15, 0.2) is 35.0 Å². The normalized spacial score (nSPS) is 19.9. The Hall–Kier alpha value is -3.18. The molecule has 2 fully saturated rings. The Morgan fingerprint density at radius 2 is 1.76 bits per heavy atom. The maximum Gasteiger partial charge on any atom is 0.246 e. The molecule has 3 amide bonds. The lowest BCUT2D eigenvalue weighted by atomic mass is 9.85. The van der Waals surface area contributed by atoms with Gasteiger partial charge in [0.2, 0.25) is 17.7 Å². The van der Waals surface area contributed by atoms with Gasteiger partial charge in [-0.1, -0.05) is 50.2 Å². The van der Waals surface area contributed by atoms with Gasteiger partial charge in [-0.3, -0.25) is 19.3 Å². The highest BCUT2D eigenvalue weighted by atomic mass is 32.1. The topological polar surface area (TPSA) is 124 Å². The van der Waals surface area contributed by atoms with Gasteiger partial charge >= 0.3 is 0 Å². The quantitative estimate of drug-likeness (QED) is 0.430. The molecule has 41 heavy (non-hydrogen) atoms. The monoisotopic (exact) mass is 582 g/mol. The van der Waals surface area contributed by atoms with E-state index < -0.39 is 17.5 Å². The van der Waals surface area contributed by atoms with E-state index in [-0.39, 0.29) is 36.3 Å². The Bertz CT molecular complexity index is 1230. The van der Waals surface area contributed by atoms with Gasteiger partial charge in [0.1, 0.15) is 12.1 Å². The van der Waals surface area contributed by atoms with Crippen LogP contribution in [0.3, 0.4) is 0 Å². The van der Waals surface area contributed by atoms with Crippen molar-refractivity contribution in [1.82, 2.24) is 25.4 Å². The van der Waals surface area contributed by atoms with Crippen molar-refractivity contribution in [3.05, 3.63) is 45.9 Å². The van der Waals surface area contributed by atoms with E-state index in [1.54, 1.807) is 16.2 Å². The molecule has 10 nitrogen and oxygen atoms in total. The molecule has 2 aromatic rings. The molecular weight excluding hydrogens is 540 g/mol. The summed E-state index contributed by atoms with van der Waals surface area (Å²) in [5.74, 6) is -0.651. The van der Waals surface area contributed by atoms with E-state index in [2.05, 4.69) is 20.8 Å². The minimum atomic E-state index is -0.766. The first-order chi connectivity index (χ1) is 19.5. The van der Waals surface area contributed by atoms with E-state index in [9.17, 15) is 19.3 Å². The first kappa shape index (κ1) is 30.8. The average molecular weight is 583 g/mol. The van der Waals surface area contributed by atoms with E-state index in [4.69, 9.17) is 0 Å². The molecule has 1 aromatic carbocycles. The maximum atomic E-state index is 13.8. The number of hydrogen-bond acceptors (Lipinski definition) is 8. The Morgan fingerprint density at radius 1 is 1.07 bits per heavy atom. The molecule has 0 bridgehead atoms. The number of aryl methyl sites for hydroxylation is 1. The van der Waals surface area contributed by atoms with Crippen molar-refractivity contribution in [1.29, 1.82) is 0 Å².